The van der Waals surface area contributed by atoms with Crippen LogP contribution in [-0.4, -0.2) is 4.98 Å². The SMILES string of the molecule is Cc1ccc(Nc2cc(CCCCc3ccccc3)cc(N)n2)cc1. The normalized spacial score (nSPS) is 10.6. The van der Waals surface area contributed by atoms with Crippen LogP contribution in [0.15, 0.2) is 66.7 Å². The second-order valence-electron chi connectivity index (χ2n) is 6.47. The van der Waals surface area contributed by atoms with Gasteiger partial charge in [0.15, 0.2) is 0 Å². The van der Waals surface area contributed by atoms with Gasteiger partial charge in [0.05, 0.1) is 0 Å². The van der Waals surface area contributed by atoms with Crippen LogP contribution in [0.2, 0.25) is 0 Å². The Morgan fingerprint density at radius 1 is 0.840 bits per heavy atom. The summed E-state index contributed by atoms with van der Waals surface area (Å²) >= 11 is 0. The fraction of sp³-hybridized carbons (Fsp3) is 0.227. The fourth-order valence-corrected chi connectivity index (χ4v) is 2.91. The number of aromatic nitrogens is 1. The third-order valence-electron chi connectivity index (χ3n) is 4.25. The molecule has 1 aromatic heterocycles. The highest BCUT2D eigenvalue weighted by Crippen LogP contribution is 2.19. The molecular formula is C22H25N3. The zero-order chi connectivity index (χ0) is 17.5. The van der Waals surface area contributed by atoms with Gasteiger partial charge in [0.25, 0.3) is 0 Å². The number of anilines is 3. The Bertz CT molecular complexity index is 795. The van der Waals surface area contributed by atoms with E-state index in [1.807, 2.05) is 6.07 Å². The van der Waals surface area contributed by atoms with Crippen LogP contribution in [0.3, 0.4) is 0 Å². The highest BCUT2D eigenvalue weighted by Gasteiger charge is 2.02. The van der Waals surface area contributed by atoms with Crippen molar-refractivity contribution in [1.29, 1.82) is 0 Å². The van der Waals surface area contributed by atoms with Crippen LogP contribution < -0.4 is 11.1 Å². The van der Waals surface area contributed by atoms with Crippen LogP contribution in [0.25, 0.3) is 0 Å². The largest absolute Gasteiger partial charge is 0.384 e. The van der Waals surface area contributed by atoms with Crippen LogP contribution in [-0.2, 0) is 12.8 Å². The fourth-order valence-electron chi connectivity index (χ4n) is 2.91. The van der Waals surface area contributed by atoms with Gasteiger partial charge in [-0.05, 0) is 68.0 Å². The zero-order valence-corrected chi connectivity index (χ0v) is 14.7. The highest BCUT2D eigenvalue weighted by atomic mass is 15.0. The Balaban J connectivity index is 1.56. The first-order valence-electron chi connectivity index (χ1n) is 8.83. The van der Waals surface area contributed by atoms with E-state index in [9.17, 15) is 0 Å². The molecule has 0 radical (unpaired) electrons. The molecule has 25 heavy (non-hydrogen) atoms. The van der Waals surface area contributed by atoms with E-state index in [-0.39, 0.29) is 0 Å². The summed E-state index contributed by atoms with van der Waals surface area (Å²) in [4.78, 5) is 4.39. The number of hydrogen-bond acceptors (Lipinski definition) is 3. The van der Waals surface area contributed by atoms with E-state index >= 15 is 0 Å². The molecule has 128 valence electrons. The molecule has 0 aliphatic rings. The lowest BCUT2D eigenvalue weighted by atomic mass is 10.0. The maximum Gasteiger partial charge on any atom is 0.133 e. The summed E-state index contributed by atoms with van der Waals surface area (Å²) in [6.45, 7) is 2.08. The van der Waals surface area contributed by atoms with E-state index in [2.05, 4.69) is 77.9 Å². The molecule has 0 atom stereocenters. The van der Waals surface area contributed by atoms with Gasteiger partial charge >= 0.3 is 0 Å². The van der Waals surface area contributed by atoms with Crippen molar-refractivity contribution in [3.8, 4) is 0 Å². The average molecular weight is 331 g/mol. The molecular weight excluding hydrogens is 306 g/mol. The van der Waals surface area contributed by atoms with E-state index in [4.69, 9.17) is 5.73 Å². The van der Waals surface area contributed by atoms with Gasteiger partial charge < -0.3 is 11.1 Å². The van der Waals surface area contributed by atoms with Gasteiger partial charge in [-0.3, -0.25) is 0 Å². The Hall–Kier alpha value is -2.81. The first-order chi connectivity index (χ1) is 12.2. The minimum Gasteiger partial charge on any atom is -0.384 e. The predicted octanol–water partition coefficient (Wildman–Crippen LogP) is 5.28. The standard InChI is InChI=1S/C22H25N3/c1-17-11-13-20(14-12-17)24-22-16-19(15-21(23)25-22)10-6-5-9-18-7-3-2-4-8-18/h2-4,7-8,11-16H,5-6,9-10H2,1H3,(H3,23,24,25). The summed E-state index contributed by atoms with van der Waals surface area (Å²) in [6.07, 6.45) is 4.45. The lowest BCUT2D eigenvalue weighted by molar-refractivity contribution is 0.734. The molecule has 0 saturated heterocycles. The van der Waals surface area contributed by atoms with Crippen molar-refractivity contribution in [2.45, 2.75) is 32.6 Å². The lowest BCUT2D eigenvalue weighted by Crippen LogP contribution is -2.00. The van der Waals surface area contributed by atoms with Gasteiger partial charge in [-0.25, -0.2) is 4.98 Å². The van der Waals surface area contributed by atoms with Crippen LogP contribution in [0, 0.1) is 6.92 Å². The first kappa shape index (κ1) is 17.0. The Kier molecular flexibility index (Phi) is 5.68. The number of aryl methyl sites for hydroxylation is 3. The molecule has 3 nitrogen and oxygen atoms in total. The quantitative estimate of drug-likeness (QED) is 0.579. The van der Waals surface area contributed by atoms with Crippen molar-refractivity contribution in [3.05, 3.63) is 83.4 Å². The summed E-state index contributed by atoms with van der Waals surface area (Å²) in [5.41, 5.74) is 10.9. The van der Waals surface area contributed by atoms with Gasteiger partial charge in [0, 0.05) is 5.69 Å². The molecule has 3 rings (SSSR count). The molecule has 1 heterocycles. The Morgan fingerprint density at radius 2 is 1.52 bits per heavy atom. The van der Waals surface area contributed by atoms with Crippen molar-refractivity contribution in [2.24, 2.45) is 0 Å². The number of hydrogen-bond donors (Lipinski definition) is 2. The molecule has 3 N–H and O–H groups in total. The minimum absolute atomic E-state index is 0.565. The molecule has 3 heteroatoms. The van der Waals surface area contributed by atoms with Crippen molar-refractivity contribution in [1.82, 2.24) is 4.98 Å². The van der Waals surface area contributed by atoms with E-state index in [1.54, 1.807) is 0 Å². The number of nitrogens with zero attached hydrogens (tertiary/aromatic N) is 1. The van der Waals surface area contributed by atoms with Crippen molar-refractivity contribution in [2.75, 3.05) is 11.1 Å². The van der Waals surface area contributed by atoms with E-state index in [0.717, 1.165) is 30.8 Å². The topological polar surface area (TPSA) is 50.9 Å². The summed E-state index contributed by atoms with van der Waals surface area (Å²) in [5.74, 6) is 1.37. The number of unbranched alkanes of at least 4 members (excludes halogenated alkanes) is 1. The minimum atomic E-state index is 0.565. The van der Waals surface area contributed by atoms with Crippen molar-refractivity contribution >= 4 is 17.3 Å². The van der Waals surface area contributed by atoms with Crippen molar-refractivity contribution < 1.29 is 0 Å². The summed E-state index contributed by atoms with van der Waals surface area (Å²) in [7, 11) is 0. The summed E-state index contributed by atoms with van der Waals surface area (Å²) in [6, 6.07) is 23.0. The predicted molar refractivity (Wildman–Crippen MR) is 106 cm³/mol. The Labute approximate surface area is 149 Å². The van der Waals surface area contributed by atoms with E-state index < -0.39 is 0 Å². The van der Waals surface area contributed by atoms with E-state index in [1.165, 1.54) is 23.1 Å². The molecule has 0 fully saturated rings. The number of nitrogens with one attached hydrogen (secondary N) is 1. The molecule has 0 spiro atoms. The summed E-state index contributed by atoms with van der Waals surface area (Å²) < 4.78 is 0. The number of benzene rings is 2. The molecule has 0 aliphatic carbocycles. The molecule has 0 amide bonds. The first-order valence-corrected chi connectivity index (χ1v) is 8.83. The number of rotatable bonds is 7. The van der Waals surface area contributed by atoms with Gasteiger partial charge in [-0.1, -0.05) is 48.0 Å². The average Bonchev–Trinajstić information content (AvgIpc) is 2.61. The monoisotopic (exact) mass is 331 g/mol. The number of nitrogens with two attached hydrogens (primary N) is 1. The number of pyridine rings is 1. The lowest BCUT2D eigenvalue weighted by Gasteiger charge is -2.09. The van der Waals surface area contributed by atoms with Gasteiger partial charge in [-0.15, -0.1) is 0 Å². The second kappa shape index (κ2) is 8.34. The van der Waals surface area contributed by atoms with Crippen LogP contribution in [0.4, 0.5) is 17.3 Å². The smallest absolute Gasteiger partial charge is 0.133 e. The zero-order valence-electron chi connectivity index (χ0n) is 14.7. The van der Waals surface area contributed by atoms with Crippen LogP contribution >= 0.6 is 0 Å². The number of nitrogen functional groups attached to an aromatic ring is 1. The van der Waals surface area contributed by atoms with Crippen LogP contribution in [0.5, 0.6) is 0 Å². The molecule has 3 aromatic rings. The molecule has 0 unspecified atom stereocenters. The maximum absolute atomic E-state index is 5.98. The maximum atomic E-state index is 5.98. The second-order valence-corrected chi connectivity index (χ2v) is 6.47. The van der Waals surface area contributed by atoms with Gasteiger partial charge in [0.2, 0.25) is 0 Å². The molecule has 2 aromatic carbocycles. The third kappa shape index (κ3) is 5.35. The highest BCUT2D eigenvalue weighted by molar-refractivity contribution is 5.59. The molecule has 0 saturated carbocycles. The molecule has 0 bridgehead atoms. The van der Waals surface area contributed by atoms with Crippen LogP contribution in [0.1, 0.15) is 29.5 Å². The van der Waals surface area contributed by atoms with E-state index in [0.29, 0.717) is 5.82 Å². The molecule has 0 aliphatic heterocycles. The van der Waals surface area contributed by atoms with Gasteiger partial charge in [-0.2, -0.15) is 0 Å². The van der Waals surface area contributed by atoms with Gasteiger partial charge in [0.1, 0.15) is 11.6 Å². The summed E-state index contributed by atoms with van der Waals surface area (Å²) in [5, 5.41) is 3.34. The van der Waals surface area contributed by atoms with Crippen molar-refractivity contribution in [3.63, 3.8) is 0 Å². The third-order valence-corrected chi connectivity index (χ3v) is 4.25. The Morgan fingerprint density at radius 3 is 2.24 bits per heavy atom.